The van der Waals surface area contributed by atoms with E-state index in [2.05, 4.69) is 15.0 Å². The summed E-state index contributed by atoms with van der Waals surface area (Å²) in [4.78, 5) is 3.60. The van der Waals surface area contributed by atoms with E-state index < -0.39 is 24.5 Å². The Kier molecular flexibility index (Phi) is 4.96. The van der Waals surface area contributed by atoms with Gasteiger partial charge in [0, 0.05) is 17.8 Å². The van der Waals surface area contributed by atoms with Gasteiger partial charge in [-0.15, -0.1) is 0 Å². The number of aromatic nitrogens is 1. The lowest BCUT2D eigenvalue weighted by Gasteiger charge is -2.26. The molecule has 0 saturated heterocycles. The molecule has 3 nitrogen and oxygen atoms in total. The van der Waals surface area contributed by atoms with Crippen molar-refractivity contribution in [2.24, 2.45) is 0 Å². The van der Waals surface area contributed by atoms with Crippen molar-refractivity contribution in [1.82, 2.24) is 10.3 Å². The monoisotopic (exact) mass is 294 g/mol. The second kappa shape index (κ2) is 5.95. The third-order valence-electron chi connectivity index (χ3n) is 2.35. The second-order valence-corrected chi connectivity index (χ2v) is 5.58. The summed E-state index contributed by atoms with van der Waals surface area (Å²) in [6.45, 7) is 6.11. The molecule has 0 radical (unpaired) electrons. The average molecular weight is 294 g/mol. The minimum Gasteiger partial charge on any atom is -0.466 e. The van der Waals surface area contributed by atoms with E-state index in [0.717, 1.165) is 6.07 Å². The molecule has 0 spiro atoms. The number of nitrogens with zero attached hydrogens (tertiary/aromatic N) is 1. The largest absolute Gasteiger partial charge is 0.466 e. The molecule has 1 N–H and O–H groups in total. The van der Waals surface area contributed by atoms with E-state index in [1.165, 1.54) is 6.20 Å². The quantitative estimate of drug-likeness (QED) is 0.861. The topological polar surface area (TPSA) is 34.2 Å². The van der Waals surface area contributed by atoms with Crippen LogP contribution in [0.25, 0.3) is 0 Å². The van der Waals surface area contributed by atoms with Crippen molar-refractivity contribution in [2.45, 2.75) is 45.5 Å². The Labute approximate surface area is 115 Å². The summed E-state index contributed by atoms with van der Waals surface area (Å²) < 4.78 is 53.9. The zero-order valence-corrected chi connectivity index (χ0v) is 11.8. The van der Waals surface area contributed by atoms with Gasteiger partial charge in [0.05, 0.1) is 0 Å². The van der Waals surface area contributed by atoms with Crippen LogP contribution in [0.4, 0.5) is 17.6 Å². The van der Waals surface area contributed by atoms with Gasteiger partial charge in [0.1, 0.15) is 0 Å². The van der Waals surface area contributed by atoms with Crippen LogP contribution < -0.4 is 10.1 Å². The highest BCUT2D eigenvalue weighted by Gasteiger charge is 2.29. The lowest BCUT2D eigenvalue weighted by molar-refractivity contribution is -0.154. The van der Waals surface area contributed by atoms with Gasteiger partial charge in [0.25, 0.3) is 5.88 Å². The van der Waals surface area contributed by atoms with E-state index >= 15 is 0 Å². The number of pyridine rings is 1. The maximum atomic E-state index is 13.6. The summed E-state index contributed by atoms with van der Waals surface area (Å²) >= 11 is 0. The summed E-state index contributed by atoms with van der Waals surface area (Å²) in [5, 5.41) is 3.21. The molecule has 0 aliphatic rings. The fourth-order valence-electron chi connectivity index (χ4n) is 1.67. The van der Waals surface area contributed by atoms with Crippen LogP contribution in [0, 0.1) is 5.82 Å². The molecule has 0 bridgehead atoms. The molecule has 114 valence electrons. The van der Waals surface area contributed by atoms with Gasteiger partial charge in [-0.2, -0.15) is 13.2 Å². The molecule has 1 aromatic rings. The predicted octanol–water partition coefficient (Wildman–Crippen LogP) is 3.61. The lowest BCUT2D eigenvalue weighted by atomic mass is 10.0. The van der Waals surface area contributed by atoms with Gasteiger partial charge in [-0.25, -0.2) is 9.37 Å². The lowest BCUT2D eigenvalue weighted by Crippen LogP contribution is -2.37. The molecule has 1 aromatic heterocycles. The van der Waals surface area contributed by atoms with Crippen LogP contribution >= 0.6 is 0 Å². The van der Waals surface area contributed by atoms with Crippen molar-refractivity contribution in [3.63, 3.8) is 0 Å². The first-order valence-electron chi connectivity index (χ1n) is 6.10. The van der Waals surface area contributed by atoms with Gasteiger partial charge < -0.3 is 10.1 Å². The Morgan fingerprint density at radius 1 is 1.30 bits per heavy atom. The molecule has 7 heteroatoms. The molecule has 1 unspecified atom stereocenters. The van der Waals surface area contributed by atoms with Gasteiger partial charge >= 0.3 is 6.18 Å². The van der Waals surface area contributed by atoms with Gasteiger partial charge in [-0.3, -0.25) is 0 Å². The Balaban J connectivity index is 2.77. The third-order valence-corrected chi connectivity index (χ3v) is 2.35. The Morgan fingerprint density at radius 2 is 1.90 bits per heavy atom. The second-order valence-electron chi connectivity index (χ2n) is 5.58. The average Bonchev–Trinajstić information content (AvgIpc) is 2.23. The molecule has 0 aromatic carbocycles. The highest BCUT2D eigenvalue weighted by molar-refractivity contribution is 5.23. The van der Waals surface area contributed by atoms with E-state index in [9.17, 15) is 17.6 Å². The van der Waals surface area contributed by atoms with E-state index in [4.69, 9.17) is 0 Å². The highest BCUT2D eigenvalue weighted by Crippen LogP contribution is 2.23. The van der Waals surface area contributed by atoms with Crippen LogP contribution in [0.3, 0.4) is 0 Å². The van der Waals surface area contributed by atoms with E-state index in [-0.39, 0.29) is 11.6 Å². The van der Waals surface area contributed by atoms with E-state index in [0.29, 0.717) is 5.56 Å². The molecule has 0 aliphatic heterocycles. The Bertz CT molecular complexity index is 455. The van der Waals surface area contributed by atoms with Crippen molar-refractivity contribution in [2.75, 3.05) is 6.61 Å². The van der Waals surface area contributed by atoms with Crippen molar-refractivity contribution in [3.8, 4) is 5.88 Å². The first-order chi connectivity index (χ1) is 8.98. The van der Waals surface area contributed by atoms with Crippen molar-refractivity contribution >= 4 is 0 Å². The van der Waals surface area contributed by atoms with Crippen LogP contribution in [0.15, 0.2) is 12.3 Å². The predicted molar refractivity (Wildman–Crippen MR) is 67.0 cm³/mol. The molecule has 20 heavy (non-hydrogen) atoms. The normalized spacial score (nSPS) is 14.2. The SMILES string of the molecule is CC(NC(C)(C)C)c1cnc(OCC(F)(F)F)c(F)c1. The fraction of sp³-hybridized carbons (Fsp3) is 0.615. The van der Waals surface area contributed by atoms with E-state index in [1.54, 1.807) is 0 Å². The smallest absolute Gasteiger partial charge is 0.422 e. The number of alkyl halides is 3. The van der Waals surface area contributed by atoms with Crippen LogP contribution in [0.2, 0.25) is 0 Å². The van der Waals surface area contributed by atoms with Crippen LogP contribution in [-0.2, 0) is 0 Å². The minimum absolute atomic E-state index is 0.179. The molecular formula is C13H18F4N2O. The van der Waals surface area contributed by atoms with Crippen LogP contribution in [0.5, 0.6) is 5.88 Å². The molecule has 1 atom stereocenters. The minimum atomic E-state index is -4.52. The molecule has 0 saturated carbocycles. The van der Waals surface area contributed by atoms with Gasteiger partial charge in [-0.1, -0.05) is 0 Å². The molecule has 0 amide bonds. The number of ether oxygens (including phenoxy) is 1. The summed E-state index contributed by atoms with van der Waals surface area (Å²) in [6.07, 6.45) is -3.22. The zero-order chi connectivity index (χ0) is 15.6. The van der Waals surface area contributed by atoms with Gasteiger partial charge in [-0.05, 0) is 39.3 Å². The number of rotatable bonds is 4. The first kappa shape index (κ1) is 16.7. The molecule has 1 heterocycles. The zero-order valence-electron chi connectivity index (χ0n) is 11.8. The fourth-order valence-corrected chi connectivity index (χ4v) is 1.67. The summed E-state index contributed by atoms with van der Waals surface area (Å²) in [6, 6.07) is 0.941. The number of halogens is 4. The van der Waals surface area contributed by atoms with Crippen molar-refractivity contribution in [1.29, 1.82) is 0 Å². The van der Waals surface area contributed by atoms with E-state index in [1.807, 2.05) is 27.7 Å². The number of nitrogens with one attached hydrogen (secondary N) is 1. The van der Waals surface area contributed by atoms with Crippen LogP contribution in [-0.4, -0.2) is 23.3 Å². The number of hydrogen-bond donors (Lipinski definition) is 1. The molecule has 0 fully saturated rings. The van der Waals surface area contributed by atoms with Crippen LogP contribution in [0.1, 0.15) is 39.3 Å². The standard InChI is InChI=1S/C13H18F4N2O/c1-8(19-12(2,3)4)9-5-10(14)11(18-6-9)20-7-13(15,16)17/h5-6,8,19H,7H2,1-4H3. The van der Waals surface area contributed by atoms with Gasteiger partial charge in [0.15, 0.2) is 12.4 Å². The van der Waals surface area contributed by atoms with Gasteiger partial charge in [0.2, 0.25) is 0 Å². The maximum Gasteiger partial charge on any atom is 0.422 e. The summed E-state index contributed by atoms with van der Waals surface area (Å²) in [5.74, 6) is -1.55. The highest BCUT2D eigenvalue weighted by atomic mass is 19.4. The maximum absolute atomic E-state index is 13.6. The number of hydrogen-bond acceptors (Lipinski definition) is 3. The first-order valence-corrected chi connectivity index (χ1v) is 6.10. The molecular weight excluding hydrogens is 276 g/mol. The van der Waals surface area contributed by atoms with Crippen molar-refractivity contribution < 1.29 is 22.3 Å². The summed E-state index contributed by atoms with van der Waals surface area (Å²) in [7, 11) is 0. The third kappa shape index (κ3) is 5.73. The Morgan fingerprint density at radius 3 is 2.35 bits per heavy atom. The summed E-state index contributed by atoms with van der Waals surface area (Å²) in [5.41, 5.74) is 0.359. The molecule has 0 aliphatic carbocycles. The Hall–Kier alpha value is -1.37. The van der Waals surface area contributed by atoms with Crippen molar-refractivity contribution in [3.05, 3.63) is 23.6 Å². The molecule has 1 rings (SSSR count).